The van der Waals surface area contributed by atoms with E-state index in [1.165, 1.54) is 28.8 Å². The molecule has 0 atom stereocenters. The molecule has 1 heterocycles. The SMILES string of the molecule is CCc1cccc(C)c1CC(=S)CN=Cc1ccc2c(ccc3c2ncn3-c2ccc(C(F)(F)F)cc2)c1. The highest BCUT2D eigenvalue weighted by molar-refractivity contribution is 7.80. The van der Waals surface area contributed by atoms with Crippen molar-refractivity contribution in [3.8, 4) is 5.69 Å². The molecule has 0 amide bonds. The highest BCUT2D eigenvalue weighted by Gasteiger charge is 2.30. The Hall–Kier alpha value is -3.84. The van der Waals surface area contributed by atoms with E-state index in [4.69, 9.17) is 12.2 Å². The first-order chi connectivity index (χ1) is 18.2. The minimum absolute atomic E-state index is 0.488. The number of alkyl halides is 3. The molecule has 5 aromatic rings. The molecule has 0 aliphatic rings. The molecular formula is C31H26F3N3S. The summed E-state index contributed by atoms with van der Waals surface area (Å²) >= 11 is 5.64. The summed E-state index contributed by atoms with van der Waals surface area (Å²) in [5.74, 6) is 0. The predicted octanol–water partition coefficient (Wildman–Crippen LogP) is 8.10. The normalized spacial score (nSPS) is 12.1. The molecule has 0 bridgehead atoms. The molecule has 0 spiro atoms. The Morgan fingerprint density at radius 2 is 1.82 bits per heavy atom. The molecule has 1 aromatic heterocycles. The van der Waals surface area contributed by atoms with E-state index in [9.17, 15) is 13.2 Å². The van der Waals surface area contributed by atoms with Gasteiger partial charge in [0, 0.05) is 28.6 Å². The van der Waals surface area contributed by atoms with Crippen LogP contribution >= 0.6 is 12.2 Å². The first-order valence-corrected chi connectivity index (χ1v) is 12.8. The Labute approximate surface area is 224 Å². The zero-order chi connectivity index (χ0) is 26.9. The number of halogens is 3. The molecule has 5 rings (SSSR count). The van der Waals surface area contributed by atoms with Crippen LogP contribution in [-0.4, -0.2) is 27.2 Å². The van der Waals surface area contributed by atoms with Crippen LogP contribution in [-0.2, 0) is 19.0 Å². The maximum Gasteiger partial charge on any atom is 0.416 e. The molecule has 0 unspecified atom stereocenters. The van der Waals surface area contributed by atoms with E-state index < -0.39 is 11.7 Å². The second-order valence-electron chi connectivity index (χ2n) is 9.32. The van der Waals surface area contributed by atoms with Gasteiger partial charge in [-0.3, -0.25) is 9.56 Å². The van der Waals surface area contributed by atoms with Gasteiger partial charge in [0.25, 0.3) is 0 Å². The molecule has 0 radical (unpaired) electrons. The lowest BCUT2D eigenvalue weighted by atomic mass is 9.96. The predicted molar refractivity (Wildman–Crippen MR) is 153 cm³/mol. The molecule has 0 fully saturated rings. The van der Waals surface area contributed by atoms with E-state index >= 15 is 0 Å². The van der Waals surface area contributed by atoms with Gasteiger partial charge >= 0.3 is 6.18 Å². The van der Waals surface area contributed by atoms with Gasteiger partial charge in [0.15, 0.2) is 0 Å². The van der Waals surface area contributed by atoms with E-state index in [0.29, 0.717) is 12.2 Å². The van der Waals surface area contributed by atoms with Gasteiger partial charge in [-0.25, -0.2) is 4.98 Å². The van der Waals surface area contributed by atoms with Crippen LogP contribution in [0.4, 0.5) is 13.2 Å². The van der Waals surface area contributed by atoms with E-state index in [0.717, 1.165) is 57.2 Å². The molecule has 0 aliphatic heterocycles. The van der Waals surface area contributed by atoms with Crippen LogP contribution in [0.15, 0.2) is 84.1 Å². The number of nitrogens with zero attached hydrogens (tertiary/aromatic N) is 3. The number of aromatic nitrogens is 2. The van der Waals surface area contributed by atoms with Crippen molar-refractivity contribution in [3.63, 3.8) is 0 Å². The molecule has 0 N–H and O–H groups in total. The summed E-state index contributed by atoms with van der Waals surface area (Å²) < 4.78 is 40.6. The molecule has 192 valence electrons. The Bertz CT molecular complexity index is 1660. The summed E-state index contributed by atoms with van der Waals surface area (Å²) in [4.78, 5) is 10.1. The Balaban J connectivity index is 1.33. The van der Waals surface area contributed by atoms with E-state index in [1.807, 2.05) is 30.5 Å². The number of hydrogen-bond donors (Lipinski definition) is 0. The molecule has 0 aliphatic carbocycles. The van der Waals surface area contributed by atoms with Crippen LogP contribution < -0.4 is 0 Å². The molecule has 38 heavy (non-hydrogen) atoms. The second-order valence-corrected chi connectivity index (χ2v) is 9.90. The van der Waals surface area contributed by atoms with Crippen LogP contribution in [0.5, 0.6) is 0 Å². The molecule has 0 saturated heterocycles. The average molecular weight is 530 g/mol. The van der Waals surface area contributed by atoms with Crippen molar-refractivity contribution in [2.45, 2.75) is 32.9 Å². The highest BCUT2D eigenvalue weighted by atomic mass is 32.1. The number of benzene rings is 4. The lowest BCUT2D eigenvalue weighted by Gasteiger charge is -2.11. The molecule has 7 heteroatoms. The quantitative estimate of drug-likeness (QED) is 0.158. The van der Waals surface area contributed by atoms with Crippen LogP contribution in [0, 0.1) is 6.92 Å². The van der Waals surface area contributed by atoms with Gasteiger partial charge in [-0.1, -0.05) is 55.5 Å². The number of rotatable bonds is 7. The first-order valence-electron chi connectivity index (χ1n) is 12.4. The number of hydrogen-bond acceptors (Lipinski definition) is 3. The Kier molecular flexibility index (Phi) is 7.13. The van der Waals surface area contributed by atoms with Gasteiger partial charge in [-0.2, -0.15) is 13.2 Å². The molecule has 3 nitrogen and oxygen atoms in total. The summed E-state index contributed by atoms with van der Waals surface area (Å²) in [5, 5.41) is 1.97. The maximum absolute atomic E-state index is 12.9. The smallest absolute Gasteiger partial charge is 0.299 e. The van der Waals surface area contributed by atoms with Crippen LogP contribution in [0.25, 0.3) is 27.5 Å². The molecular weight excluding hydrogens is 503 g/mol. The number of aliphatic imine (C=N–C) groups is 1. The summed E-state index contributed by atoms with van der Waals surface area (Å²) in [6, 6.07) is 21.4. The van der Waals surface area contributed by atoms with Crippen molar-refractivity contribution in [2.75, 3.05) is 6.54 Å². The Morgan fingerprint density at radius 3 is 2.55 bits per heavy atom. The maximum atomic E-state index is 12.9. The van der Waals surface area contributed by atoms with Crippen molar-refractivity contribution < 1.29 is 13.2 Å². The zero-order valence-electron chi connectivity index (χ0n) is 21.1. The van der Waals surface area contributed by atoms with Crippen LogP contribution in [0.3, 0.4) is 0 Å². The number of imidazole rings is 1. The van der Waals surface area contributed by atoms with Gasteiger partial charge in [-0.15, -0.1) is 0 Å². The minimum Gasteiger partial charge on any atom is -0.299 e. The third-order valence-electron chi connectivity index (χ3n) is 6.80. The van der Waals surface area contributed by atoms with Gasteiger partial charge in [0.05, 0.1) is 23.1 Å². The summed E-state index contributed by atoms with van der Waals surface area (Å²) in [6.45, 7) is 4.77. The van der Waals surface area contributed by atoms with Crippen LogP contribution in [0.2, 0.25) is 0 Å². The van der Waals surface area contributed by atoms with Gasteiger partial charge < -0.3 is 0 Å². The lowest BCUT2D eigenvalue weighted by Crippen LogP contribution is -2.08. The van der Waals surface area contributed by atoms with Gasteiger partial charge in [0.2, 0.25) is 0 Å². The molecule has 0 saturated carbocycles. The van der Waals surface area contributed by atoms with Crippen molar-refractivity contribution in [1.29, 1.82) is 0 Å². The van der Waals surface area contributed by atoms with Crippen LogP contribution in [0.1, 0.15) is 34.7 Å². The number of fused-ring (bicyclic) bond motifs is 3. The average Bonchev–Trinajstić information content (AvgIpc) is 3.34. The minimum atomic E-state index is -4.36. The van der Waals surface area contributed by atoms with Crippen molar-refractivity contribution >= 4 is 45.1 Å². The van der Waals surface area contributed by atoms with Gasteiger partial charge in [0.1, 0.15) is 6.33 Å². The zero-order valence-corrected chi connectivity index (χ0v) is 21.9. The third-order valence-corrected chi connectivity index (χ3v) is 7.07. The lowest BCUT2D eigenvalue weighted by molar-refractivity contribution is -0.137. The number of aryl methyl sites for hydroxylation is 2. The fourth-order valence-corrected chi connectivity index (χ4v) is 5.00. The van der Waals surface area contributed by atoms with E-state index in [1.54, 1.807) is 10.9 Å². The third kappa shape index (κ3) is 5.24. The van der Waals surface area contributed by atoms with E-state index in [2.05, 4.69) is 48.1 Å². The fourth-order valence-electron chi connectivity index (χ4n) is 4.78. The largest absolute Gasteiger partial charge is 0.416 e. The summed E-state index contributed by atoms with van der Waals surface area (Å²) in [7, 11) is 0. The van der Waals surface area contributed by atoms with Crippen molar-refractivity contribution in [1.82, 2.24) is 9.55 Å². The van der Waals surface area contributed by atoms with E-state index in [-0.39, 0.29) is 0 Å². The summed E-state index contributed by atoms with van der Waals surface area (Å²) in [6.07, 6.45) is 0.851. The van der Waals surface area contributed by atoms with Crippen molar-refractivity contribution in [3.05, 3.63) is 107 Å². The molecule has 4 aromatic carbocycles. The standard InChI is InChI=1S/C31H26F3N3S/c1-3-22-6-4-5-20(2)28(22)16-26(38)18-35-17-21-7-13-27-23(15-21)8-14-29-30(27)36-19-37(29)25-11-9-24(10-12-25)31(32,33)34/h4-15,17,19H,3,16,18H2,1-2H3. The Morgan fingerprint density at radius 1 is 1.03 bits per heavy atom. The fraction of sp³-hybridized carbons (Fsp3) is 0.194. The summed E-state index contributed by atoms with van der Waals surface area (Å²) in [5.41, 5.74) is 6.43. The van der Waals surface area contributed by atoms with Gasteiger partial charge in [-0.05, 0) is 77.4 Å². The highest BCUT2D eigenvalue weighted by Crippen LogP contribution is 2.31. The number of thiocarbonyl (C=S) groups is 1. The monoisotopic (exact) mass is 529 g/mol. The second kappa shape index (κ2) is 10.5. The van der Waals surface area contributed by atoms with Crippen molar-refractivity contribution in [2.24, 2.45) is 4.99 Å². The topological polar surface area (TPSA) is 30.2 Å². The first kappa shape index (κ1) is 25.8.